The van der Waals surface area contributed by atoms with Crippen molar-refractivity contribution in [2.75, 3.05) is 7.11 Å². The standard InChI is InChI=1S/C8H9ClFNO2/c1-12-7-3-2-6(9)5(4-13-11)8(7)10/h2-3H,4,11H2,1H3. The van der Waals surface area contributed by atoms with Gasteiger partial charge in [0.15, 0.2) is 11.6 Å². The number of rotatable bonds is 3. The second-order valence-electron chi connectivity index (χ2n) is 2.35. The molecular weight excluding hydrogens is 197 g/mol. The molecule has 0 unspecified atom stereocenters. The van der Waals surface area contributed by atoms with Gasteiger partial charge in [-0.25, -0.2) is 10.3 Å². The zero-order valence-electron chi connectivity index (χ0n) is 7.01. The number of methoxy groups -OCH3 is 1. The van der Waals surface area contributed by atoms with E-state index in [0.717, 1.165) is 0 Å². The zero-order chi connectivity index (χ0) is 9.84. The van der Waals surface area contributed by atoms with Gasteiger partial charge in [-0.3, -0.25) is 4.84 Å². The molecule has 2 N–H and O–H groups in total. The number of benzene rings is 1. The first-order valence-electron chi connectivity index (χ1n) is 3.53. The molecular formula is C8H9ClFNO2. The van der Waals surface area contributed by atoms with Gasteiger partial charge in [0.25, 0.3) is 0 Å². The van der Waals surface area contributed by atoms with E-state index in [1.807, 2.05) is 0 Å². The molecule has 0 aliphatic rings. The Morgan fingerprint density at radius 2 is 2.23 bits per heavy atom. The maximum absolute atomic E-state index is 13.4. The van der Waals surface area contributed by atoms with E-state index >= 15 is 0 Å². The van der Waals surface area contributed by atoms with Crippen LogP contribution < -0.4 is 10.6 Å². The summed E-state index contributed by atoms with van der Waals surface area (Å²) < 4.78 is 18.1. The van der Waals surface area contributed by atoms with Crippen molar-refractivity contribution >= 4 is 11.6 Å². The van der Waals surface area contributed by atoms with Gasteiger partial charge in [-0.2, -0.15) is 0 Å². The number of halogens is 2. The predicted octanol–water partition coefficient (Wildman–Crippen LogP) is 1.88. The Morgan fingerprint density at radius 3 is 2.77 bits per heavy atom. The van der Waals surface area contributed by atoms with Crippen molar-refractivity contribution < 1.29 is 14.0 Å². The van der Waals surface area contributed by atoms with Gasteiger partial charge in [0.1, 0.15) is 0 Å². The average Bonchev–Trinajstić information content (AvgIpc) is 2.12. The Hall–Kier alpha value is -0.840. The Kier molecular flexibility index (Phi) is 3.48. The highest BCUT2D eigenvalue weighted by molar-refractivity contribution is 6.31. The van der Waals surface area contributed by atoms with Crippen molar-refractivity contribution in [1.82, 2.24) is 0 Å². The minimum Gasteiger partial charge on any atom is -0.494 e. The highest BCUT2D eigenvalue weighted by Crippen LogP contribution is 2.27. The third-order valence-electron chi connectivity index (χ3n) is 1.60. The van der Waals surface area contributed by atoms with Crippen LogP contribution >= 0.6 is 11.6 Å². The fourth-order valence-electron chi connectivity index (χ4n) is 0.949. The molecule has 0 spiro atoms. The van der Waals surface area contributed by atoms with E-state index in [4.69, 9.17) is 22.2 Å². The summed E-state index contributed by atoms with van der Waals surface area (Å²) in [6.45, 7) is -0.0815. The molecule has 1 aromatic rings. The summed E-state index contributed by atoms with van der Waals surface area (Å²) in [5.74, 6) is 4.40. The van der Waals surface area contributed by atoms with Crippen molar-refractivity contribution in [2.24, 2.45) is 5.90 Å². The zero-order valence-corrected chi connectivity index (χ0v) is 7.77. The van der Waals surface area contributed by atoms with Gasteiger partial charge in [0, 0.05) is 10.6 Å². The smallest absolute Gasteiger partial charge is 0.172 e. The molecule has 0 amide bonds. The molecule has 5 heteroatoms. The molecule has 13 heavy (non-hydrogen) atoms. The molecule has 0 atom stereocenters. The fourth-order valence-corrected chi connectivity index (χ4v) is 1.15. The van der Waals surface area contributed by atoms with Crippen LogP contribution in [0, 0.1) is 5.82 Å². The van der Waals surface area contributed by atoms with Crippen LogP contribution in [0.2, 0.25) is 5.02 Å². The largest absolute Gasteiger partial charge is 0.494 e. The molecule has 0 heterocycles. The lowest BCUT2D eigenvalue weighted by atomic mass is 10.2. The normalized spacial score (nSPS) is 10.2. The molecule has 72 valence electrons. The molecule has 3 nitrogen and oxygen atoms in total. The van der Waals surface area contributed by atoms with Crippen LogP contribution in [-0.2, 0) is 11.4 Å². The van der Waals surface area contributed by atoms with Crippen LogP contribution in [0.5, 0.6) is 5.75 Å². The van der Waals surface area contributed by atoms with Crippen molar-refractivity contribution in [3.05, 3.63) is 28.5 Å². The van der Waals surface area contributed by atoms with Gasteiger partial charge in [0.05, 0.1) is 13.7 Å². The van der Waals surface area contributed by atoms with E-state index in [1.54, 1.807) is 0 Å². The predicted molar refractivity (Wildman–Crippen MR) is 46.9 cm³/mol. The summed E-state index contributed by atoms with van der Waals surface area (Å²) >= 11 is 5.71. The molecule has 0 bridgehead atoms. The fraction of sp³-hybridized carbons (Fsp3) is 0.250. The average molecular weight is 206 g/mol. The lowest BCUT2D eigenvalue weighted by Gasteiger charge is -2.07. The summed E-state index contributed by atoms with van der Waals surface area (Å²) in [6.07, 6.45) is 0. The molecule has 0 saturated heterocycles. The van der Waals surface area contributed by atoms with Crippen LogP contribution in [0.1, 0.15) is 5.56 Å². The molecule has 1 aromatic carbocycles. The minimum absolute atomic E-state index is 0.0815. The van der Waals surface area contributed by atoms with E-state index in [2.05, 4.69) is 4.84 Å². The first kappa shape index (κ1) is 10.2. The lowest BCUT2D eigenvalue weighted by molar-refractivity contribution is 0.121. The van der Waals surface area contributed by atoms with Gasteiger partial charge >= 0.3 is 0 Å². The number of ether oxygens (including phenoxy) is 1. The molecule has 0 aromatic heterocycles. The van der Waals surface area contributed by atoms with Crippen LogP contribution in [0.4, 0.5) is 4.39 Å². The van der Waals surface area contributed by atoms with Crippen LogP contribution in [0.25, 0.3) is 0 Å². The summed E-state index contributed by atoms with van der Waals surface area (Å²) in [5, 5.41) is 0.267. The maximum atomic E-state index is 13.4. The molecule has 0 aliphatic heterocycles. The second-order valence-corrected chi connectivity index (χ2v) is 2.76. The molecule has 1 rings (SSSR count). The monoisotopic (exact) mass is 205 g/mol. The highest BCUT2D eigenvalue weighted by Gasteiger charge is 2.12. The van der Waals surface area contributed by atoms with Crippen molar-refractivity contribution in [1.29, 1.82) is 0 Å². The van der Waals surface area contributed by atoms with E-state index in [9.17, 15) is 4.39 Å². The Bertz CT molecular complexity index is 306. The lowest BCUT2D eigenvalue weighted by Crippen LogP contribution is -2.03. The molecule has 0 aliphatic carbocycles. The van der Waals surface area contributed by atoms with E-state index in [0.29, 0.717) is 0 Å². The summed E-state index contributed by atoms with van der Waals surface area (Å²) in [7, 11) is 1.37. The third-order valence-corrected chi connectivity index (χ3v) is 1.95. The maximum Gasteiger partial charge on any atom is 0.172 e. The minimum atomic E-state index is -0.541. The van der Waals surface area contributed by atoms with E-state index in [-0.39, 0.29) is 22.9 Å². The SMILES string of the molecule is COc1ccc(Cl)c(CON)c1F. The van der Waals surface area contributed by atoms with Gasteiger partial charge in [-0.15, -0.1) is 0 Å². The van der Waals surface area contributed by atoms with Crippen molar-refractivity contribution in [3.8, 4) is 5.75 Å². The first-order valence-corrected chi connectivity index (χ1v) is 3.91. The quantitative estimate of drug-likeness (QED) is 0.767. The third kappa shape index (κ3) is 2.09. The van der Waals surface area contributed by atoms with Crippen LogP contribution in [0.3, 0.4) is 0 Å². The van der Waals surface area contributed by atoms with Gasteiger partial charge in [-0.05, 0) is 12.1 Å². The molecule has 0 fully saturated rings. The van der Waals surface area contributed by atoms with Crippen molar-refractivity contribution in [2.45, 2.75) is 6.61 Å². The van der Waals surface area contributed by atoms with Crippen LogP contribution in [-0.4, -0.2) is 7.11 Å². The molecule has 0 radical (unpaired) electrons. The number of hydrogen-bond acceptors (Lipinski definition) is 3. The topological polar surface area (TPSA) is 44.5 Å². The van der Waals surface area contributed by atoms with Crippen LogP contribution in [0.15, 0.2) is 12.1 Å². The summed E-state index contributed by atoms with van der Waals surface area (Å²) in [5.41, 5.74) is 0.198. The van der Waals surface area contributed by atoms with E-state index in [1.165, 1.54) is 19.2 Å². The number of nitrogens with two attached hydrogens (primary N) is 1. The Balaban J connectivity index is 3.13. The highest BCUT2D eigenvalue weighted by atomic mass is 35.5. The number of hydrogen-bond donors (Lipinski definition) is 1. The van der Waals surface area contributed by atoms with Gasteiger partial charge < -0.3 is 4.74 Å². The molecule has 0 saturated carbocycles. The van der Waals surface area contributed by atoms with Gasteiger partial charge in [-0.1, -0.05) is 11.6 Å². The van der Waals surface area contributed by atoms with E-state index < -0.39 is 5.82 Å². The summed E-state index contributed by atoms with van der Waals surface area (Å²) in [6, 6.07) is 2.97. The second kappa shape index (κ2) is 4.41. The Morgan fingerprint density at radius 1 is 1.54 bits per heavy atom. The summed E-state index contributed by atoms with van der Waals surface area (Å²) in [4.78, 5) is 4.31. The van der Waals surface area contributed by atoms with Crippen molar-refractivity contribution in [3.63, 3.8) is 0 Å². The Labute approximate surface area is 80.2 Å². The first-order chi connectivity index (χ1) is 6.20. The van der Waals surface area contributed by atoms with Gasteiger partial charge in [0.2, 0.25) is 0 Å².